The van der Waals surface area contributed by atoms with Crippen molar-refractivity contribution in [2.45, 2.75) is 0 Å². The van der Waals surface area contributed by atoms with Crippen LogP contribution >= 0.6 is 11.3 Å². The minimum absolute atomic E-state index is 1.22. The van der Waals surface area contributed by atoms with E-state index in [2.05, 4.69) is 231 Å². The van der Waals surface area contributed by atoms with Crippen LogP contribution in [-0.2, 0) is 0 Å². The quantitative estimate of drug-likeness (QED) is 0.155. The first-order valence-corrected chi connectivity index (χ1v) is 24.0. The minimum atomic E-state index is 1.22. The smallest absolute Gasteiger partial charge is 0.0362 e. The summed E-state index contributed by atoms with van der Waals surface area (Å²) in [5.74, 6) is 0. The van der Waals surface area contributed by atoms with Gasteiger partial charge in [-0.05, 0) is 167 Å². The topological polar surface area (TPSA) is 0 Å². The van der Waals surface area contributed by atoms with E-state index in [4.69, 9.17) is 0 Å². The normalized spacial score (nSPS) is 12.2. The molecule has 0 aliphatic carbocycles. The molecule has 0 saturated heterocycles. The fourth-order valence-electron chi connectivity index (χ4n) is 11.6. The summed E-state index contributed by atoms with van der Waals surface area (Å²) in [5.41, 5.74) is 9.95. The highest BCUT2D eigenvalue weighted by atomic mass is 32.1. The SMILES string of the molecule is c1ccc(-c2cccc3c2ccc2ccc(-c4cccc(-c5ccc6ccc7c(-c8ccc9sc%10cc%11c%12ccccc%12c%12ccccc%12c%11cc%10c9c8)ccc8ccc5c6c87)c4)cc23)cc1. The zero-order valence-electron chi connectivity index (χ0n) is 36.3. The minimum Gasteiger partial charge on any atom is -0.135 e. The van der Waals surface area contributed by atoms with Crippen LogP contribution < -0.4 is 0 Å². The highest BCUT2D eigenvalue weighted by Crippen LogP contribution is 2.46. The van der Waals surface area contributed by atoms with Crippen molar-refractivity contribution in [2.75, 3.05) is 0 Å². The van der Waals surface area contributed by atoms with Crippen LogP contribution in [0.25, 0.3) is 151 Å². The van der Waals surface area contributed by atoms with Crippen LogP contribution in [0.5, 0.6) is 0 Å². The van der Waals surface area contributed by atoms with Gasteiger partial charge in [-0.1, -0.05) is 194 Å². The molecule has 15 rings (SSSR count). The molecule has 0 spiro atoms. The third-order valence-electron chi connectivity index (χ3n) is 14.8. The van der Waals surface area contributed by atoms with Crippen molar-refractivity contribution >= 4 is 118 Å². The second-order valence-corrected chi connectivity index (χ2v) is 19.4. The van der Waals surface area contributed by atoms with Gasteiger partial charge in [0.05, 0.1) is 0 Å². The summed E-state index contributed by atoms with van der Waals surface area (Å²) < 4.78 is 2.65. The van der Waals surface area contributed by atoms with Gasteiger partial charge >= 0.3 is 0 Å². The molecule has 1 heteroatoms. The predicted octanol–water partition coefficient (Wildman–Crippen LogP) is 19.4. The lowest BCUT2D eigenvalue weighted by molar-refractivity contribution is 1.62. The van der Waals surface area contributed by atoms with E-state index in [0.29, 0.717) is 0 Å². The van der Waals surface area contributed by atoms with Gasteiger partial charge in [0.2, 0.25) is 0 Å². The van der Waals surface area contributed by atoms with Crippen molar-refractivity contribution in [1.29, 1.82) is 0 Å². The molecule has 15 aromatic rings. The van der Waals surface area contributed by atoms with Crippen molar-refractivity contribution in [2.24, 2.45) is 0 Å². The predicted molar refractivity (Wildman–Crippen MR) is 292 cm³/mol. The summed E-state index contributed by atoms with van der Waals surface area (Å²) in [6.45, 7) is 0. The van der Waals surface area contributed by atoms with Crippen LogP contribution in [0.15, 0.2) is 231 Å². The molecule has 0 bridgehead atoms. The van der Waals surface area contributed by atoms with Gasteiger partial charge in [0.25, 0.3) is 0 Å². The van der Waals surface area contributed by atoms with Gasteiger partial charge < -0.3 is 0 Å². The Morgan fingerprint density at radius 2 is 0.657 bits per heavy atom. The van der Waals surface area contributed by atoms with E-state index in [1.807, 2.05) is 11.3 Å². The van der Waals surface area contributed by atoms with E-state index in [0.717, 1.165) is 0 Å². The summed E-state index contributed by atoms with van der Waals surface area (Å²) in [6, 6.07) is 86.6. The van der Waals surface area contributed by atoms with E-state index in [-0.39, 0.29) is 0 Å². The Hall–Kier alpha value is -8.36. The van der Waals surface area contributed by atoms with Crippen molar-refractivity contribution in [3.63, 3.8) is 0 Å². The summed E-state index contributed by atoms with van der Waals surface area (Å²) in [5, 5.41) is 23.4. The highest BCUT2D eigenvalue weighted by Gasteiger charge is 2.18. The highest BCUT2D eigenvalue weighted by molar-refractivity contribution is 7.25. The molecule has 0 nitrogen and oxygen atoms in total. The fraction of sp³-hybridized carbons (Fsp3) is 0. The van der Waals surface area contributed by atoms with Crippen LogP contribution in [0.4, 0.5) is 0 Å². The van der Waals surface area contributed by atoms with Gasteiger partial charge in [-0.2, -0.15) is 0 Å². The second-order valence-electron chi connectivity index (χ2n) is 18.3. The van der Waals surface area contributed by atoms with Crippen LogP contribution in [-0.4, -0.2) is 0 Å². The fourth-order valence-corrected chi connectivity index (χ4v) is 12.8. The van der Waals surface area contributed by atoms with E-state index in [1.54, 1.807) is 0 Å². The molecule has 0 atom stereocenters. The maximum absolute atomic E-state index is 2.46. The zero-order valence-corrected chi connectivity index (χ0v) is 37.2. The number of rotatable bonds is 4. The molecule has 0 amide bonds. The Bertz CT molecular complexity index is 4550. The van der Waals surface area contributed by atoms with E-state index in [9.17, 15) is 0 Å². The van der Waals surface area contributed by atoms with Crippen molar-refractivity contribution in [3.05, 3.63) is 231 Å². The van der Waals surface area contributed by atoms with E-state index < -0.39 is 0 Å². The van der Waals surface area contributed by atoms with Gasteiger partial charge in [0, 0.05) is 20.2 Å². The van der Waals surface area contributed by atoms with Crippen molar-refractivity contribution in [1.82, 2.24) is 0 Å². The molecule has 14 aromatic carbocycles. The molecule has 0 unspecified atom stereocenters. The Balaban J connectivity index is 0.862. The number of fused-ring (bicyclic) bond motifs is 12. The first-order chi connectivity index (χ1) is 33.2. The third-order valence-corrected chi connectivity index (χ3v) is 15.9. The molecular weight excluding hydrogens is 825 g/mol. The standard InChI is InChI=1S/C66H38S/c1-2-10-39(11-3-1)47-18-9-19-52-55(47)30-22-40-20-21-44(35-58(40)52)43-12-8-13-45(34-43)48-28-23-41-26-32-57-49(29-24-42-25-31-56(48)65(41)66(42)57)46-27-33-63-61(36-46)62-37-59-53-16-6-4-14-50(53)51-15-5-7-17-54(51)60(59)38-64(62)67-63/h1-38H. The molecular formula is C66H38S. The third kappa shape index (κ3) is 5.47. The lowest BCUT2D eigenvalue weighted by atomic mass is 9.86. The number of thiophene rings is 1. The second kappa shape index (κ2) is 14.1. The monoisotopic (exact) mass is 862 g/mol. The molecule has 308 valence electrons. The number of hydrogen-bond donors (Lipinski definition) is 0. The molecule has 0 radical (unpaired) electrons. The van der Waals surface area contributed by atoms with Crippen molar-refractivity contribution < 1.29 is 0 Å². The molecule has 0 fully saturated rings. The molecule has 0 saturated carbocycles. The Morgan fingerprint density at radius 3 is 1.39 bits per heavy atom. The lowest BCUT2D eigenvalue weighted by Crippen LogP contribution is -1.90. The molecule has 0 aliphatic rings. The molecule has 0 aliphatic heterocycles. The summed E-state index contributed by atoms with van der Waals surface area (Å²) in [4.78, 5) is 0. The Kier molecular flexibility index (Phi) is 7.75. The van der Waals surface area contributed by atoms with Crippen LogP contribution in [0.1, 0.15) is 0 Å². The van der Waals surface area contributed by atoms with E-state index in [1.165, 1.54) is 151 Å². The van der Waals surface area contributed by atoms with Crippen LogP contribution in [0.2, 0.25) is 0 Å². The number of benzene rings is 14. The molecule has 1 aromatic heterocycles. The van der Waals surface area contributed by atoms with E-state index >= 15 is 0 Å². The molecule has 0 N–H and O–H groups in total. The average molecular weight is 863 g/mol. The molecule has 1 heterocycles. The summed E-state index contributed by atoms with van der Waals surface area (Å²) >= 11 is 1.90. The van der Waals surface area contributed by atoms with Crippen LogP contribution in [0, 0.1) is 0 Å². The maximum Gasteiger partial charge on any atom is 0.0362 e. The Morgan fingerprint density at radius 1 is 0.194 bits per heavy atom. The largest absolute Gasteiger partial charge is 0.135 e. The summed E-state index contributed by atoms with van der Waals surface area (Å²) in [6.07, 6.45) is 0. The number of hydrogen-bond acceptors (Lipinski definition) is 1. The van der Waals surface area contributed by atoms with Gasteiger partial charge in [-0.25, -0.2) is 0 Å². The lowest BCUT2D eigenvalue weighted by Gasteiger charge is -2.17. The first-order valence-electron chi connectivity index (χ1n) is 23.2. The molecule has 67 heavy (non-hydrogen) atoms. The first kappa shape index (κ1) is 36.9. The van der Waals surface area contributed by atoms with Gasteiger partial charge in [0.15, 0.2) is 0 Å². The van der Waals surface area contributed by atoms with Gasteiger partial charge in [-0.15, -0.1) is 11.3 Å². The maximum atomic E-state index is 2.46. The van der Waals surface area contributed by atoms with Gasteiger partial charge in [-0.3, -0.25) is 0 Å². The summed E-state index contributed by atoms with van der Waals surface area (Å²) in [7, 11) is 0. The zero-order chi connectivity index (χ0) is 43.7. The average Bonchev–Trinajstić information content (AvgIpc) is 3.76. The van der Waals surface area contributed by atoms with Crippen LogP contribution in [0.3, 0.4) is 0 Å². The Labute approximate surface area is 390 Å². The van der Waals surface area contributed by atoms with Gasteiger partial charge in [0.1, 0.15) is 0 Å². The van der Waals surface area contributed by atoms with Crippen molar-refractivity contribution in [3.8, 4) is 44.5 Å².